The Morgan fingerprint density at radius 1 is 1.28 bits per heavy atom. The van der Waals surface area contributed by atoms with Gasteiger partial charge < -0.3 is 5.11 Å². The minimum absolute atomic E-state index is 0.0202. The average molecular weight is 275 g/mol. The van der Waals surface area contributed by atoms with E-state index >= 15 is 0 Å². The standard InChI is InChI=1S/C12H21NO4S/c1-8-6-13(7-9(8)12(14)15)10-4-3-5-11(10)18(2,16)17/h8-11H,3-7H2,1-2H3,(H,14,15). The Kier molecular flexibility index (Phi) is 3.69. The predicted octanol–water partition coefficient (Wildman–Crippen LogP) is 0.605. The second-order valence-corrected chi connectivity index (χ2v) is 8.01. The van der Waals surface area contributed by atoms with E-state index in [1.165, 1.54) is 6.26 Å². The Morgan fingerprint density at radius 2 is 1.94 bits per heavy atom. The maximum absolute atomic E-state index is 11.8. The molecule has 1 heterocycles. The maximum Gasteiger partial charge on any atom is 0.308 e. The van der Waals surface area contributed by atoms with Crippen LogP contribution < -0.4 is 0 Å². The summed E-state index contributed by atoms with van der Waals surface area (Å²) in [6.45, 7) is 3.13. The van der Waals surface area contributed by atoms with Crippen LogP contribution in [0.15, 0.2) is 0 Å². The van der Waals surface area contributed by atoms with Gasteiger partial charge in [0.25, 0.3) is 0 Å². The molecule has 18 heavy (non-hydrogen) atoms. The zero-order valence-electron chi connectivity index (χ0n) is 10.9. The normalized spacial score (nSPS) is 38.1. The molecule has 0 spiro atoms. The van der Waals surface area contributed by atoms with Crippen molar-refractivity contribution >= 4 is 15.8 Å². The first kappa shape index (κ1) is 13.8. The molecular formula is C12H21NO4S. The van der Waals surface area contributed by atoms with Gasteiger partial charge in [-0.2, -0.15) is 0 Å². The lowest BCUT2D eigenvalue weighted by Crippen LogP contribution is -2.42. The van der Waals surface area contributed by atoms with Crippen molar-refractivity contribution in [2.75, 3.05) is 19.3 Å². The summed E-state index contributed by atoms with van der Waals surface area (Å²) in [6.07, 6.45) is 3.80. The molecular weight excluding hydrogens is 254 g/mol. The van der Waals surface area contributed by atoms with Gasteiger partial charge in [-0.1, -0.05) is 13.3 Å². The van der Waals surface area contributed by atoms with Crippen LogP contribution in [0.25, 0.3) is 0 Å². The van der Waals surface area contributed by atoms with Gasteiger partial charge in [0.15, 0.2) is 9.84 Å². The highest BCUT2D eigenvalue weighted by molar-refractivity contribution is 7.91. The van der Waals surface area contributed by atoms with Crippen molar-refractivity contribution in [3.63, 3.8) is 0 Å². The summed E-state index contributed by atoms with van der Waals surface area (Å²) in [4.78, 5) is 13.2. The largest absolute Gasteiger partial charge is 0.481 e. The van der Waals surface area contributed by atoms with E-state index in [1.54, 1.807) is 0 Å². The second kappa shape index (κ2) is 4.81. The summed E-state index contributed by atoms with van der Waals surface area (Å²) in [7, 11) is -3.03. The van der Waals surface area contributed by atoms with Gasteiger partial charge in [0.1, 0.15) is 0 Å². The lowest BCUT2D eigenvalue weighted by atomic mass is 9.99. The summed E-state index contributed by atoms with van der Waals surface area (Å²) >= 11 is 0. The van der Waals surface area contributed by atoms with Crippen LogP contribution in [0.4, 0.5) is 0 Å². The van der Waals surface area contributed by atoms with E-state index in [0.29, 0.717) is 19.5 Å². The third-order valence-electron chi connectivity index (χ3n) is 4.39. The number of rotatable bonds is 3. The van der Waals surface area contributed by atoms with E-state index in [4.69, 9.17) is 5.11 Å². The first-order valence-electron chi connectivity index (χ1n) is 6.46. The van der Waals surface area contributed by atoms with E-state index in [-0.39, 0.29) is 23.1 Å². The Bertz CT molecular complexity index is 433. The fourth-order valence-corrected chi connectivity index (χ4v) is 4.89. The van der Waals surface area contributed by atoms with Crippen molar-refractivity contribution < 1.29 is 18.3 Å². The molecule has 1 aliphatic heterocycles. The van der Waals surface area contributed by atoms with Crippen LogP contribution in [0.2, 0.25) is 0 Å². The molecule has 0 bridgehead atoms. The van der Waals surface area contributed by atoms with Gasteiger partial charge in [-0.3, -0.25) is 9.69 Å². The minimum atomic E-state index is -3.03. The Hall–Kier alpha value is -0.620. The van der Waals surface area contributed by atoms with Gasteiger partial charge in [0.2, 0.25) is 0 Å². The number of hydrogen-bond donors (Lipinski definition) is 1. The molecule has 104 valence electrons. The highest BCUT2D eigenvalue weighted by Gasteiger charge is 2.44. The summed E-state index contributed by atoms with van der Waals surface area (Å²) in [5, 5.41) is 8.82. The third-order valence-corrected chi connectivity index (χ3v) is 6.04. The average Bonchev–Trinajstić information content (AvgIpc) is 2.80. The van der Waals surface area contributed by atoms with Crippen LogP contribution in [0.5, 0.6) is 0 Å². The fourth-order valence-electron chi connectivity index (χ4n) is 3.42. The number of hydrogen-bond acceptors (Lipinski definition) is 4. The fraction of sp³-hybridized carbons (Fsp3) is 0.917. The minimum Gasteiger partial charge on any atom is -0.481 e. The molecule has 4 atom stereocenters. The zero-order chi connectivity index (χ0) is 13.5. The highest BCUT2D eigenvalue weighted by Crippen LogP contribution is 2.34. The van der Waals surface area contributed by atoms with Gasteiger partial charge in [0.05, 0.1) is 11.2 Å². The molecule has 2 aliphatic rings. The van der Waals surface area contributed by atoms with Gasteiger partial charge in [-0.25, -0.2) is 8.42 Å². The number of aliphatic carboxylic acids is 1. The van der Waals surface area contributed by atoms with Crippen LogP contribution in [0.3, 0.4) is 0 Å². The Balaban J connectivity index is 2.11. The van der Waals surface area contributed by atoms with Crippen molar-refractivity contribution in [1.82, 2.24) is 4.90 Å². The van der Waals surface area contributed by atoms with Crippen LogP contribution >= 0.6 is 0 Å². The van der Waals surface area contributed by atoms with E-state index in [9.17, 15) is 13.2 Å². The summed E-state index contributed by atoms with van der Waals surface area (Å²) in [5.41, 5.74) is 0. The number of carboxylic acid groups (broad SMARTS) is 1. The Labute approximate surface area is 108 Å². The first-order valence-corrected chi connectivity index (χ1v) is 8.42. The van der Waals surface area contributed by atoms with Crippen LogP contribution in [-0.4, -0.2) is 55.0 Å². The molecule has 0 aromatic rings. The summed E-state index contributed by atoms with van der Waals surface area (Å²) in [5.74, 6) is -1.02. The van der Waals surface area contributed by atoms with E-state index in [0.717, 1.165) is 12.8 Å². The smallest absolute Gasteiger partial charge is 0.308 e. The SMILES string of the molecule is CC1CN(C2CCCC2S(C)(=O)=O)CC1C(=O)O. The lowest BCUT2D eigenvalue weighted by molar-refractivity contribution is -0.142. The summed E-state index contributed by atoms with van der Waals surface area (Å²) < 4.78 is 23.5. The van der Waals surface area contributed by atoms with Crippen LogP contribution in [0.1, 0.15) is 26.2 Å². The van der Waals surface area contributed by atoms with Gasteiger partial charge in [-0.15, -0.1) is 0 Å². The van der Waals surface area contributed by atoms with Crippen molar-refractivity contribution in [2.24, 2.45) is 11.8 Å². The number of likely N-dealkylation sites (tertiary alicyclic amines) is 1. The zero-order valence-corrected chi connectivity index (χ0v) is 11.7. The van der Waals surface area contributed by atoms with Crippen molar-refractivity contribution in [1.29, 1.82) is 0 Å². The molecule has 2 fully saturated rings. The number of carbonyl (C=O) groups is 1. The van der Waals surface area contributed by atoms with Crippen LogP contribution in [0, 0.1) is 11.8 Å². The molecule has 0 aromatic heterocycles. The van der Waals surface area contributed by atoms with E-state index < -0.39 is 15.8 Å². The number of nitrogens with zero attached hydrogens (tertiary/aromatic N) is 1. The monoisotopic (exact) mass is 275 g/mol. The van der Waals surface area contributed by atoms with Crippen molar-refractivity contribution in [2.45, 2.75) is 37.5 Å². The van der Waals surface area contributed by atoms with Gasteiger partial charge in [-0.05, 0) is 18.8 Å². The number of carboxylic acids is 1. The quantitative estimate of drug-likeness (QED) is 0.816. The molecule has 0 amide bonds. The molecule has 0 aromatic carbocycles. The predicted molar refractivity (Wildman–Crippen MR) is 68.1 cm³/mol. The second-order valence-electron chi connectivity index (χ2n) is 5.74. The summed E-state index contributed by atoms with van der Waals surface area (Å²) in [6, 6.07) is 0.0202. The molecule has 1 saturated heterocycles. The molecule has 5 nitrogen and oxygen atoms in total. The van der Waals surface area contributed by atoms with E-state index in [1.807, 2.05) is 6.92 Å². The topological polar surface area (TPSA) is 74.7 Å². The van der Waals surface area contributed by atoms with Crippen molar-refractivity contribution in [3.8, 4) is 0 Å². The van der Waals surface area contributed by atoms with Gasteiger partial charge >= 0.3 is 5.97 Å². The van der Waals surface area contributed by atoms with Crippen molar-refractivity contribution in [3.05, 3.63) is 0 Å². The van der Waals surface area contributed by atoms with Gasteiger partial charge in [0, 0.05) is 25.4 Å². The molecule has 6 heteroatoms. The van der Waals surface area contributed by atoms with Crippen LogP contribution in [-0.2, 0) is 14.6 Å². The highest BCUT2D eigenvalue weighted by atomic mass is 32.2. The molecule has 1 N–H and O–H groups in total. The molecule has 4 unspecified atom stereocenters. The first-order chi connectivity index (χ1) is 8.30. The lowest BCUT2D eigenvalue weighted by Gasteiger charge is -2.28. The third kappa shape index (κ3) is 2.54. The maximum atomic E-state index is 11.8. The molecule has 1 aliphatic carbocycles. The number of sulfone groups is 1. The Morgan fingerprint density at radius 3 is 2.44 bits per heavy atom. The molecule has 0 radical (unpaired) electrons. The van der Waals surface area contributed by atoms with E-state index in [2.05, 4.69) is 4.90 Å². The molecule has 1 saturated carbocycles. The molecule has 2 rings (SSSR count).